The number of hydrogen-bond acceptors (Lipinski definition) is 6. The summed E-state index contributed by atoms with van der Waals surface area (Å²) >= 11 is 0. The zero-order chi connectivity index (χ0) is 24.4. The van der Waals surface area contributed by atoms with Gasteiger partial charge in [-0.05, 0) is 48.9 Å². The van der Waals surface area contributed by atoms with Gasteiger partial charge in [0.2, 0.25) is 5.95 Å². The van der Waals surface area contributed by atoms with Gasteiger partial charge >= 0.3 is 0 Å². The average molecular weight is 468 g/mol. The summed E-state index contributed by atoms with van der Waals surface area (Å²) in [7, 11) is 3.24. The van der Waals surface area contributed by atoms with E-state index < -0.39 is 6.04 Å². The number of fused-ring (bicyclic) bond motifs is 1. The first-order valence-corrected chi connectivity index (χ1v) is 11.2. The van der Waals surface area contributed by atoms with Gasteiger partial charge in [-0.2, -0.15) is 4.98 Å². The summed E-state index contributed by atoms with van der Waals surface area (Å²) in [4.78, 5) is 18.3. The molecule has 4 aromatic rings. The summed E-state index contributed by atoms with van der Waals surface area (Å²) < 4.78 is 12.6. The Balaban J connectivity index is 1.61. The Kier molecular flexibility index (Phi) is 5.93. The Morgan fingerprint density at radius 3 is 2.37 bits per heavy atom. The molecular formula is C27H25N5O3. The normalized spacial score (nSPS) is 14.7. The van der Waals surface area contributed by atoms with Crippen molar-refractivity contribution in [2.24, 2.45) is 0 Å². The van der Waals surface area contributed by atoms with Gasteiger partial charge in [0.05, 0.1) is 25.4 Å². The highest BCUT2D eigenvalue weighted by Gasteiger charge is 2.34. The molecule has 2 heterocycles. The molecule has 0 aliphatic carbocycles. The number of hydrogen-bond donors (Lipinski definition) is 2. The van der Waals surface area contributed by atoms with Gasteiger partial charge in [-0.1, -0.05) is 42.5 Å². The van der Waals surface area contributed by atoms with Crippen molar-refractivity contribution in [3.8, 4) is 22.9 Å². The van der Waals surface area contributed by atoms with Crippen molar-refractivity contribution in [2.45, 2.75) is 13.0 Å². The van der Waals surface area contributed by atoms with E-state index in [0.29, 0.717) is 34.5 Å². The molecule has 1 aliphatic rings. The van der Waals surface area contributed by atoms with Gasteiger partial charge in [0.15, 0.2) is 5.82 Å². The van der Waals surface area contributed by atoms with Crippen LogP contribution in [-0.4, -0.2) is 34.9 Å². The zero-order valence-corrected chi connectivity index (χ0v) is 19.6. The number of amides is 1. The smallest absolute Gasteiger partial charge is 0.255 e. The summed E-state index contributed by atoms with van der Waals surface area (Å²) in [5, 5.41) is 11.1. The van der Waals surface area contributed by atoms with E-state index in [2.05, 4.69) is 10.6 Å². The predicted octanol–water partition coefficient (Wildman–Crippen LogP) is 4.89. The van der Waals surface area contributed by atoms with Crippen LogP contribution in [0.4, 0.5) is 11.6 Å². The Morgan fingerprint density at radius 1 is 0.943 bits per heavy atom. The second-order valence-electron chi connectivity index (χ2n) is 8.06. The van der Waals surface area contributed by atoms with Crippen molar-refractivity contribution in [3.05, 3.63) is 95.7 Å². The predicted molar refractivity (Wildman–Crippen MR) is 135 cm³/mol. The molecule has 35 heavy (non-hydrogen) atoms. The first kappa shape index (κ1) is 22.2. The van der Waals surface area contributed by atoms with E-state index in [4.69, 9.17) is 19.6 Å². The minimum absolute atomic E-state index is 0.220. The Bertz CT molecular complexity index is 1390. The molecule has 0 saturated carbocycles. The molecule has 1 atom stereocenters. The fourth-order valence-electron chi connectivity index (χ4n) is 4.20. The summed E-state index contributed by atoms with van der Waals surface area (Å²) in [6, 6.07) is 24.1. The van der Waals surface area contributed by atoms with Crippen LogP contribution in [0.25, 0.3) is 11.4 Å². The molecule has 0 radical (unpaired) electrons. The standard InChI is InChI=1S/C27H25N5O3/c1-17-23(26(33)29-19-9-5-4-6-10-19)24(18-13-15-20(34-2)16-14-18)32-27(28-17)30-25(31-32)21-11-7-8-12-22(21)35-3/h4-16,24H,1-3H3,(H,29,33)(H,28,30,31). The maximum Gasteiger partial charge on any atom is 0.255 e. The lowest BCUT2D eigenvalue weighted by molar-refractivity contribution is -0.113. The molecule has 0 bridgehead atoms. The number of para-hydroxylation sites is 2. The lowest BCUT2D eigenvalue weighted by atomic mass is 9.95. The quantitative estimate of drug-likeness (QED) is 0.420. The Labute approximate surface area is 203 Å². The molecule has 1 amide bonds. The zero-order valence-electron chi connectivity index (χ0n) is 19.6. The van der Waals surface area contributed by atoms with Crippen LogP contribution in [0.2, 0.25) is 0 Å². The van der Waals surface area contributed by atoms with Crippen LogP contribution >= 0.6 is 0 Å². The average Bonchev–Trinajstić information content (AvgIpc) is 3.31. The third-order valence-electron chi connectivity index (χ3n) is 5.91. The molecule has 1 aromatic heterocycles. The van der Waals surface area contributed by atoms with Gasteiger partial charge in [-0.25, -0.2) is 4.68 Å². The van der Waals surface area contributed by atoms with Gasteiger partial charge in [0.1, 0.15) is 17.5 Å². The Morgan fingerprint density at radius 2 is 1.66 bits per heavy atom. The first-order valence-electron chi connectivity index (χ1n) is 11.2. The van der Waals surface area contributed by atoms with Crippen molar-refractivity contribution in [3.63, 3.8) is 0 Å². The molecule has 176 valence electrons. The largest absolute Gasteiger partial charge is 0.497 e. The highest BCUT2D eigenvalue weighted by molar-refractivity contribution is 6.06. The van der Waals surface area contributed by atoms with Crippen LogP contribution in [0.5, 0.6) is 11.5 Å². The SMILES string of the molecule is COc1ccc(C2C(C(=O)Nc3ccccc3)=C(C)Nc3nc(-c4ccccc4OC)nn32)cc1. The van der Waals surface area contributed by atoms with Crippen LogP contribution in [0.3, 0.4) is 0 Å². The van der Waals surface area contributed by atoms with E-state index in [-0.39, 0.29) is 5.91 Å². The summed E-state index contributed by atoms with van der Waals surface area (Å²) in [5.41, 5.74) is 3.60. The number of nitrogens with zero attached hydrogens (tertiary/aromatic N) is 3. The van der Waals surface area contributed by atoms with Gasteiger partial charge < -0.3 is 20.1 Å². The maximum atomic E-state index is 13.6. The van der Waals surface area contributed by atoms with Crippen molar-refractivity contribution in [1.29, 1.82) is 0 Å². The van der Waals surface area contributed by atoms with Crippen LogP contribution in [-0.2, 0) is 4.79 Å². The maximum absolute atomic E-state index is 13.6. The number of anilines is 2. The molecule has 0 saturated heterocycles. The van der Waals surface area contributed by atoms with Crippen LogP contribution in [0, 0.1) is 0 Å². The highest BCUT2D eigenvalue weighted by Crippen LogP contribution is 2.38. The van der Waals surface area contributed by atoms with E-state index in [0.717, 1.165) is 16.9 Å². The van der Waals surface area contributed by atoms with Crippen molar-refractivity contribution in [1.82, 2.24) is 14.8 Å². The lowest BCUT2D eigenvalue weighted by Gasteiger charge is -2.28. The molecule has 0 fully saturated rings. The second kappa shape index (κ2) is 9.34. The van der Waals surface area contributed by atoms with E-state index >= 15 is 0 Å². The third-order valence-corrected chi connectivity index (χ3v) is 5.91. The van der Waals surface area contributed by atoms with Gasteiger partial charge in [0.25, 0.3) is 5.91 Å². The van der Waals surface area contributed by atoms with Crippen molar-refractivity contribution in [2.75, 3.05) is 24.9 Å². The number of methoxy groups -OCH3 is 2. The summed E-state index contributed by atoms with van der Waals surface area (Å²) in [6.45, 7) is 1.87. The van der Waals surface area contributed by atoms with E-state index in [1.54, 1.807) is 18.9 Å². The van der Waals surface area contributed by atoms with Crippen molar-refractivity contribution >= 4 is 17.5 Å². The number of allylic oxidation sites excluding steroid dienone is 1. The fraction of sp³-hybridized carbons (Fsp3) is 0.148. The lowest BCUT2D eigenvalue weighted by Crippen LogP contribution is -2.31. The third kappa shape index (κ3) is 4.21. The van der Waals surface area contributed by atoms with Gasteiger partial charge in [-0.15, -0.1) is 5.10 Å². The highest BCUT2D eigenvalue weighted by atomic mass is 16.5. The molecule has 8 nitrogen and oxygen atoms in total. The molecule has 1 unspecified atom stereocenters. The summed E-state index contributed by atoms with van der Waals surface area (Å²) in [5.74, 6) is 2.22. The minimum Gasteiger partial charge on any atom is -0.497 e. The fourth-order valence-corrected chi connectivity index (χ4v) is 4.20. The van der Waals surface area contributed by atoms with Crippen molar-refractivity contribution < 1.29 is 14.3 Å². The van der Waals surface area contributed by atoms with E-state index in [9.17, 15) is 4.79 Å². The number of ether oxygens (including phenoxy) is 2. The number of aromatic nitrogens is 3. The monoisotopic (exact) mass is 467 g/mol. The topological polar surface area (TPSA) is 90.3 Å². The van der Waals surface area contributed by atoms with Crippen LogP contribution < -0.4 is 20.1 Å². The van der Waals surface area contributed by atoms with E-state index in [1.807, 2.05) is 85.8 Å². The minimum atomic E-state index is -0.503. The van der Waals surface area contributed by atoms with Crippen LogP contribution in [0.15, 0.2) is 90.1 Å². The number of carbonyl (C=O) groups is 1. The molecule has 5 rings (SSSR count). The van der Waals surface area contributed by atoms with E-state index in [1.165, 1.54) is 0 Å². The second-order valence-corrected chi connectivity index (χ2v) is 8.06. The molecular weight excluding hydrogens is 442 g/mol. The molecule has 1 aliphatic heterocycles. The van der Waals surface area contributed by atoms with Crippen LogP contribution in [0.1, 0.15) is 18.5 Å². The molecule has 2 N–H and O–H groups in total. The summed E-state index contributed by atoms with van der Waals surface area (Å²) in [6.07, 6.45) is 0. The molecule has 8 heteroatoms. The number of nitrogens with one attached hydrogen (secondary N) is 2. The number of rotatable bonds is 6. The number of benzene rings is 3. The van der Waals surface area contributed by atoms with Gasteiger partial charge in [-0.3, -0.25) is 4.79 Å². The first-order chi connectivity index (χ1) is 17.1. The number of carbonyl (C=O) groups excluding carboxylic acids is 1. The molecule has 0 spiro atoms. The molecule has 3 aromatic carbocycles. The van der Waals surface area contributed by atoms with Gasteiger partial charge in [0, 0.05) is 11.4 Å². The Hall–Kier alpha value is -4.59.